The Kier molecular flexibility index (Phi) is 1.90. The van der Waals surface area contributed by atoms with Crippen LogP contribution >= 0.6 is 0 Å². The molecular weight excluding hydrogens is 168 g/mol. The third kappa shape index (κ3) is 1.36. The van der Waals surface area contributed by atoms with Gasteiger partial charge in [0.2, 0.25) is 0 Å². The molecular formula is C9H9N2O2. The molecule has 0 saturated carbocycles. The van der Waals surface area contributed by atoms with Crippen molar-refractivity contribution in [3.8, 4) is 0 Å². The Labute approximate surface area is 75.9 Å². The van der Waals surface area contributed by atoms with Crippen molar-refractivity contribution in [3.05, 3.63) is 41.1 Å². The van der Waals surface area contributed by atoms with Gasteiger partial charge in [0.15, 0.2) is 6.54 Å². The van der Waals surface area contributed by atoms with Gasteiger partial charge in [-0.3, -0.25) is 4.74 Å². The largest absolute Gasteiger partial charge is 0.715 e. The van der Waals surface area contributed by atoms with Crippen LogP contribution in [-0.4, -0.2) is 28.7 Å². The van der Waals surface area contributed by atoms with Crippen molar-refractivity contribution in [2.45, 2.75) is 0 Å². The van der Waals surface area contributed by atoms with Gasteiger partial charge in [0.1, 0.15) is 6.54 Å². The fourth-order valence-electron chi connectivity index (χ4n) is 1.39. The van der Waals surface area contributed by atoms with Crippen LogP contribution in [0.1, 0.15) is 5.56 Å². The molecule has 0 unspecified atom stereocenters. The predicted molar refractivity (Wildman–Crippen MR) is 46.4 cm³/mol. The highest BCUT2D eigenvalue weighted by Gasteiger charge is 2.29. The number of rotatable bonds is 1. The predicted octanol–water partition coefficient (Wildman–Crippen LogP) is 0.605. The van der Waals surface area contributed by atoms with Gasteiger partial charge in [-0.25, -0.2) is 0 Å². The third-order valence-corrected chi connectivity index (χ3v) is 2.01. The molecule has 2 rings (SSSR count). The normalized spacial score (nSPS) is 16.8. The molecule has 13 heavy (non-hydrogen) atoms. The van der Waals surface area contributed by atoms with E-state index in [0.717, 1.165) is 9.80 Å². The smallest absolute Gasteiger partial charge is 0.315 e. The summed E-state index contributed by atoms with van der Waals surface area (Å²) in [7, 11) is 0. The van der Waals surface area contributed by atoms with Gasteiger partial charge in [0, 0.05) is 5.21 Å². The van der Waals surface area contributed by atoms with Gasteiger partial charge in [-0.15, -0.1) is 0 Å². The number of hydroxylamine groups is 3. The minimum atomic E-state index is 0.223. The van der Waals surface area contributed by atoms with E-state index in [9.17, 15) is 10.4 Å². The van der Waals surface area contributed by atoms with Gasteiger partial charge in [0.25, 0.3) is 0 Å². The van der Waals surface area contributed by atoms with Crippen LogP contribution in [0.15, 0.2) is 30.3 Å². The molecule has 1 aliphatic heterocycles. The van der Waals surface area contributed by atoms with Crippen LogP contribution in [0.25, 0.3) is 0 Å². The van der Waals surface area contributed by atoms with E-state index in [1.165, 1.54) is 0 Å². The van der Waals surface area contributed by atoms with Crippen molar-refractivity contribution >= 4 is 5.84 Å². The van der Waals surface area contributed by atoms with Crippen molar-refractivity contribution in [2.75, 3.05) is 13.1 Å². The van der Waals surface area contributed by atoms with Crippen LogP contribution in [0.2, 0.25) is 0 Å². The van der Waals surface area contributed by atoms with Crippen LogP contribution in [0.4, 0.5) is 0 Å². The van der Waals surface area contributed by atoms with Crippen molar-refractivity contribution in [1.82, 2.24) is 5.06 Å². The first-order valence-corrected chi connectivity index (χ1v) is 4.11. The Balaban J connectivity index is 2.41. The highest BCUT2D eigenvalue weighted by Crippen LogP contribution is 2.08. The second-order valence-corrected chi connectivity index (χ2v) is 2.89. The first-order valence-electron chi connectivity index (χ1n) is 4.11. The van der Waals surface area contributed by atoms with Crippen molar-refractivity contribution in [2.24, 2.45) is 0 Å². The second kappa shape index (κ2) is 3.06. The summed E-state index contributed by atoms with van der Waals surface area (Å²) in [5.41, 5.74) is 0.685. The van der Waals surface area contributed by atoms with E-state index in [1.54, 1.807) is 12.1 Å². The highest BCUT2D eigenvalue weighted by molar-refractivity contribution is 5.94. The van der Waals surface area contributed by atoms with Gasteiger partial charge < -0.3 is 5.21 Å². The Morgan fingerprint density at radius 2 is 2.00 bits per heavy atom. The maximum absolute atomic E-state index is 11.2. The molecule has 0 amide bonds. The number of nitrogens with zero attached hydrogens (tertiary/aromatic N) is 2. The van der Waals surface area contributed by atoms with E-state index in [2.05, 4.69) is 0 Å². The molecule has 1 aromatic carbocycles. The number of benzene rings is 1. The molecule has 0 aliphatic carbocycles. The molecule has 4 nitrogen and oxygen atoms in total. The lowest BCUT2D eigenvalue weighted by molar-refractivity contribution is -0.445. The summed E-state index contributed by atoms with van der Waals surface area (Å²) in [6, 6.07) is 8.99. The molecule has 0 spiro atoms. The van der Waals surface area contributed by atoms with Gasteiger partial charge in [-0.1, -0.05) is 23.3 Å². The molecule has 4 heteroatoms. The maximum atomic E-state index is 11.2. The molecule has 1 aliphatic rings. The van der Waals surface area contributed by atoms with Gasteiger partial charge in [-0.05, 0) is 12.1 Å². The lowest BCUT2D eigenvalue weighted by atomic mass is 10.2. The molecule has 0 atom stereocenters. The Morgan fingerprint density at radius 1 is 1.31 bits per heavy atom. The lowest BCUT2D eigenvalue weighted by Gasteiger charge is -2.05. The maximum Gasteiger partial charge on any atom is 0.315 e. The highest BCUT2D eigenvalue weighted by atomic mass is 16.5. The fraction of sp³-hybridized carbons (Fsp3) is 0.222. The topological polar surface area (TPSA) is 49.2 Å². The summed E-state index contributed by atoms with van der Waals surface area (Å²) in [5.74, 6) is 0.223. The minimum Gasteiger partial charge on any atom is -0.715 e. The summed E-state index contributed by atoms with van der Waals surface area (Å²) in [4.78, 5) is 0. The number of hydrogen-bond acceptors (Lipinski definition) is 2. The van der Waals surface area contributed by atoms with E-state index in [-0.39, 0.29) is 18.9 Å². The summed E-state index contributed by atoms with van der Waals surface area (Å²) in [6.45, 7) is 0.515. The molecule has 0 aromatic heterocycles. The standard InChI is InChI=1S/C9H9N2O2/c12-10-6-7-11(13)9(10)8-4-2-1-3-5-8/h1-5H,6-7H2. The minimum absolute atomic E-state index is 0.223. The second-order valence-electron chi connectivity index (χ2n) is 2.89. The zero-order valence-corrected chi connectivity index (χ0v) is 7.01. The van der Waals surface area contributed by atoms with E-state index < -0.39 is 0 Å². The van der Waals surface area contributed by atoms with Crippen molar-refractivity contribution in [3.63, 3.8) is 0 Å². The summed E-state index contributed by atoms with van der Waals surface area (Å²) < 4.78 is 0.738. The monoisotopic (exact) mass is 177 g/mol. The van der Waals surface area contributed by atoms with E-state index >= 15 is 0 Å². The molecule has 67 valence electrons. The molecule has 1 radical (unpaired) electrons. The molecule has 1 heterocycles. The van der Waals surface area contributed by atoms with E-state index in [1.807, 2.05) is 18.2 Å². The first-order chi connectivity index (χ1) is 6.29. The average molecular weight is 177 g/mol. The first kappa shape index (κ1) is 8.07. The zero-order valence-electron chi connectivity index (χ0n) is 7.01. The zero-order chi connectivity index (χ0) is 9.26. The van der Waals surface area contributed by atoms with Gasteiger partial charge in [0.05, 0.1) is 5.56 Å². The average Bonchev–Trinajstić information content (AvgIpc) is 2.48. The lowest BCUT2D eigenvalue weighted by Crippen LogP contribution is -2.24. The van der Waals surface area contributed by atoms with Crippen molar-refractivity contribution < 1.29 is 9.95 Å². The molecule has 0 N–H and O–H groups in total. The Morgan fingerprint density at radius 3 is 2.54 bits per heavy atom. The van der Waals surface area contributed by atoms with Crippen LogP contribution in [-0.2, 0) is 5.21 Å². The van der Waals surface area contributed by atoms with Crippen LogP contribution in [0.5, 0.6) is 0 Å². The number of hydrogen-bond donors (Lipinski definition) is 0. The van der Waals surface area contributed by atoms with E-state index in [0.29, 0.717) is 5.56 Å². The quantitative estimate of drug-likeness (QED) is 0.466. The third-order valence-electron chi connectivity index (χ3n) is 2.01. The molecule has 0 saturated heterocycles. The van der Waals surface area contributed by atoms with E-state index in [4.69, 9.17) is 0 Å². The SMILES string of the molecule is [O]N1CC[N+]([O-])=C1c1ccccc1. The molecule has 1 aromatic rings. The molecule has 0 bridgehead atoms. The summed E-state index contributed by atoms with van der Waals surface area (Å²) in [5, 5.41) is 23.2. The van der Waals surface area contributed by atoms with Crippen LogP contribution in [0.3, 0.4) is 0 Å². The van der Waals surface area contributed by atoms with Crippen LogP contribution in [0, 0.1) is 5.21 Å². The Hall–Kier alpha value is -1.55. The summed E-state index contributed by atoms with van der Waals surface area (Å²) in [6.07, 6.45) is 0. The van der Waals surface area contributed by atoms with Crippen molar-refractivity contribution in [1.29, 1.82) is 0 Å². The number of amidine groups is 1. The Bertz CT molecular complexity index is 335. The molecule has 0 fully saturated rings. The van der Waals surface area contributed by atoms with Gasteiger partial charge >= 0.3 is 5.84 Å². The van der Waals surface area contributed by atoms with Gasteiger partial charge in [-0.2, -0.15) is 0 Å². The van der Waals surface area contributed by atoms with Crippen LogP contribution < -0.4 is 0 Å². The summed E-state index contributed by atoms with van der Waals surface area (Å²) >= 11 is 0. The fourth-order valence-corrected chi connectivity index (χ4v) is 1.39.